The third-order valence-corrected chi connectivity index (χ3v) is 6.91. The second kappa shape index (κ2) is 7.55. The van der Waals surface area contributed by atoms with Gasteiger partial charge >= 0.3 is 0 Å². The van der Waals surface area contributed by atoms with Gasteiger partial charge in [-0.1, -0.05) is 12.1 Å². The molecule has 0 unspecified atom stereocenters. The summed E-state index contributed by atoms with van der Waals surface area (Å²) in [4.78, 5) is 16.8. The molecule has 2 heterocycles. The lowest BCUT2D eigenvalue weighted by atomic mass is 10.1. The van der Waals surface area contributed by atoms with Crippen LogP contribution in [0.4, 0.5) is 5.69 Å². The van der Waals surface area contributed by atoms with Crippen molar-refractivity contribution in [1.29, 1.82) is 0 Å². The molecule has 1 aliphatic rings. The summed E-state index contributed by atoms with van der Waals surface area (Å²) in [5, 5.41) is 1.71. The monoisotopic (exact) mass is 379 g/mol. The second-order valence-corrected chi connectivity index (χ2v) is 8.92. The van der Waals surface area contributed by atoms with Gasteiger partial charge in [0.15, 0.2) is 0 Å². The van der Waals surface area contributed by atoms with Gasteiger partial charge in [-0.2, -0.15) is 0 Å². The number of hydrogen-bond donors (Lipinski definition) is 1. The van der Waals surface area contributed by atoms with Crippen LogP contribution in [0.25, 0.3) is 0 Å². The molecule has 0 radical (unpaired) electrons. The van der Waals surface area contributed by atoms with Crippen molar-refractivity contribution < 1.29 is 13.2 Å². The summed E-state index contributed by atoms with van der Waals surface area (Å²) >= 11 is 1.15. The van der Waals surface area contributed by atoms with Crippen molar-refractivity contribution in [3.05, 3.63) is 47.3 Å². The van der Waals surface area contributed by atoms with Crippen molar-refractivity contribution in [2.45, 2.75) is 10.6 Å². The summed E-state index contributed by atoms with van der Waals surface area (Å²) in [7, 11) is -1.56. The molecule has 3 rings (SSSR count). The number of thiophene rings is 1. The van der Waals surface area contributed by atoms with E-state index in [-0.39, 0.29) is 10.1 Å². The summed E-state index contributed by atoms with van der Waals surface area (Å²) in [5.41, 5.74) is 0.891. The van der Waals surface area contributed by atoms with E-state index in [2.05, 4.69) is 9.62 Å². The fourth-order valence-electron chi connectivity index (χ4n) is 2.77. The molecule has 0 bridgehead atoms. The standard InChI is InChI=1S/C17H21N3O3S2/c1-19-8-4-9-20(11-10-19)17(21)14-5-2-6-15(13-14)18-25(22,23)16-7-3-12-24-16/h2-3,5-7,12-13,18H,4,8-11H2,1H3. The van der Waals surface area contributed by atoms with Gasteiger partial charge in [0.25, 0.3) is 15.9 Å². The van der Waals surface area contributed by atoms with Crippen molar-refractivity contribution in [1.82, 2.24) is 9.80 Å². The van der Waals surface area contributed by atoms with Crippen LogP contribution in [-0.2, 0) is 10.0 Å². The quantitative estimate of drug-likeness (QED) is 0.885. The number of hydrogen-bond acceptors (Lipinski definition) is 5. The van der Waals surface area contributed by atoms with Crippen molar-refractivity contribution in [3.63, 3.8) is 0 Å². The van der Waals surface area contributed by atoms with Crippen LogP contribution in [0, 0.1) is 0 Å². The third kappa shape index (κ3) is 4.39. The van der Waals surface area contributed by atoms with E-state index >= 15 is 0 Å². The van der Waals surface area contributed by atoms with E-state index in [1.807, 2.05) is 11.9 Å². The minimum Gasteiger partial charge on any atom is -0.337 e. The largest absolute Gasteiger partial charge is 0.337 e. The van der Waals surface area contributed by atoms with Crippen LogP contribution in [-0.4, -0.2) is 57.4 Å². The first kappa shape index (κ1) is 17.9. The number of carbonyl (C=O) groups is 1. The average Bonchev–Trinajstić information content (AvgIpc) is 3.05. The zero-order chi connectivity index (χ0) is 17.9. The maximum Gasteiger partial charge on any atom is 0.271 e. The average molecular weight is 380 g/mol. The number of rotatable bonds is 4. The van der Waals surface area contributed by atoms with Crippen LogP contribution in [0.15, 0.2) is 46.0 Å². The highest BCUT2D eigenvalue weighted by molar-refractivity contribution is 7.94. The molecular weight excluding hydrogens is 358 g/mol. The van der Waals surface area contributed by atoms with Gasteiger partial charge in [-0.25, -0.2) is 8.42 Å². The van der Waals surface area contributed by atoms with Crippen molar-refractivity contribution in [3.8, 4) is 0 Å². The Labute approximate surface area is 152 Å². The molecule has 1 aliphatic heterocycles. The topological polar surface area (TPSA) is 69.7 Å². The molecule has 25 heavy (non-hydrogen) atoms. The number of carbonyl (C=O) groups excluding carboxylic acids is 1. The Balaban J connectivity index is 1.76. The smallest absolute Gasteiger partial charge is 0.271 e. The lowest BCUT2D eigenvalue weighted by Crippen LogP contribution is -2.34. The highest BCUT2D eigenvalue weighted by Gasteiger charge is 2.20. The number of benzene rings is 1. The van der Waals surface area contributed by atoms with E-state index < -0.39 is 10.0 Å². The Morgan fingerprint density at radius 3 is 2.72 bits per heavy atom. The first-order chi connectivity index (χ1) is 12.0. The molecule has 6 nitrogen and oxygen atoms in total. The van der Waals surface area contributed by atoms with Crippen molar-refractivity contribution in [2.75, 3.05) is 37.9 Å². The van der Waals surface area contributed by atoms with E-state index in [0.717, 1.165) is 30.8 Å². The first-order valence-corrected chi connectivity index (χ1v) is 10.5. The van der Waals surface area contributed by atoms with Gasteiger partial charge in [-0.05, 0) is 49.7 Å². The number of anilines is 1. The Hall–Kier alpha value is -1.90. The molecule has 0 atom stereocenters. The normalized spacial score (nSPS) is 16.4. The lowest BCUT2D eigenvalue weighted by molar-refractivity contribution is 0.0763. The van der Waals surface area contributed by atoms with Gasteiger partial charge in [0.1, 0.15) is 4.21 Å². The van der Waals surface area contributed by atoms with Crippen LogP contribution < -0.4 is 4.72 Å². The summed E-state index contributed by atoms with van der Waals surface area (Å²) in [6, 6.07) is 9.91. The zero-order valence-corrected chi connectivity index (χ0v) is 15.6. The van der Waals surface area contributed by atoms with E-state index in [0.29, 0.717) is 24.3 Å². The van der Waals surface area contributed by atoms with Crippen LogP contribution in [0.2, 0.25) is 0 Å². The van der Waals surface area contributed by atoms with Crippen LogP contribution >= 0.6 is 11.3 Å². The summed E-state index contributed by atoms with van der Waals surface area (Å²) in [6.07, 6.45) is 0.937. The predicted molar refractivity (Wildman–Crippen MR) is 99.6 cm³/mol. The van der Waals surface area contributed by atoms with Gasteiger partial charge in [-0.15, -0.1) is 11.3 Å². The van der Waals surface area contributed by atoms with E-state index in [1.165, 1.54) is 0 Å². The molecule has 0 spiro atoms. The fraction of sp³-hybridized carbons (Fsp3) is 0.353. The van der Waals surface area contributed by atoms with Crippen LogP contribution in [0.3, 0.4) is 0 Å². The molecule has 1 fully saturated rings. The van der Waals surface area contributed by atoms with Gasteiger partial charge in [0, 0.05) is 30.9 Å². The van der Waals surface area contributed by atoms with Gasteiger partial charge in [0.2, 0.25) is 0 Å². The van der Waals surface area contributed by atoms with E-state index in [4.69, 9.17) is 0 Å². The minimum absolute atomic E-state index is 0.0625. The van der Waals surface area contributed by atoms with Crippen molar-refractivity contribution in [2.24, 2.45) is 0 Å². The SMILES string of the molecule is CN1CCCN(C(=O)c2cccc(NS(=O)(=O)c3cccs3)c2)CC1. The maximum atomic E-state index is 12.7. The molecule has 2 aromatic rings. The lowest BCUT2D eigenvalue weighted by Gasteiger charge is -2.21. The Morgan fingerprint density at radius 1 is 1.12 bits per heavy atom. The Kier molecular flexibility index (Phi) is 5.41. The number of sulfonamides is 1. The summed E-state index contributed by atoms with van der Waals surface area (Å²) < 4.78 is 27.4. The van der Waals surface area contributed by atoms with Crippen LogP contribution in [0.1, 0.15) is 16.8 Å². The van der Waals surface area contributed by atoms with Crippen LogP contribution in [0.5, 0.6) is 0 Å². The van der Waals surface area contributed by atoms with Crippen molar-refractivity contribution >= 4 is 33.0 Å². The number of likely N-dealkylation sites (N-methyl/N-ethyl adjacent to an activating group) is 1. The van der Waals surface area contributed by atoms with E-state index in [1.54, 1.807) is 41.8 Å². The van der Waals surface area contributed by atoms with E-state index in [9.17, 15) is 13.2 Å². The second-order valence-electron chi connectivity index (χ2n) is 6.07. The molecule has 1 saturated heterocycles. The molecule has 8 heteroatoms. The molecule has 0 saturated carbocycles. The fourth-order valence-corrected chi connectivity index (χ4v) is 4.81. The number of amides is 1. The molecule has 1 aromatic heterocycles. The molecule has 1 amide bonds. The summed E-state index contributed by atoms with van der Waals surface area (Å²) in [6.45, 7) is 3.22. The predicted octanol–water partition coefficient (Wildman–Crippen LogP) is 2.33. The molecule has 1 N–H and O–H groups in total. The van der Waals surface area contributed by atoms with Gasteiger partial charge in [-0.3, -0.25) is 9.52 Å². The minimum atomic E-state index is -3.61. The highest BCUT2D eigenvalue weighted by atomic mass is 32.2. The first-order valence-electron chi connectivity index (χ1n) is 8.10. The van der Waals surface area contributed by atoms with Gasteiger partial charge < -0.3 is 9.80 Å². The molecular formula is C17H21N3O3S2. The Bertz CT molecular complexity index is 835. The number of nitrogens with one attached hydrogen (secondary N) is 1. The zero-order valence-electron chi connectivity index (χ0n) is 14.0. The summed E-state index contributed by atoms with van der Waals surface area (Å²) in [5.74, 6) is -0.0625. The Morgan fingerprint density at radius 2 is 1.96 bits per heavy atom. The highest BCUT2D eigenvalue weighted by Crippen LogP contribution is 2.21. The third-order valence-electron chi connectivity index (χ3n) is 4.13. The molecule has 134 valence electrons. The number of nitrogens with zero attached hydrogens (tertiary/aromatic N) is 2. The van der Waals surface area contributed by atoms with Gasteiger partial charge in [0.05, 0.1) is 0 Å². The molecule has 0 aliphatic carbocycles. The molecule has 1 aromatic carbocycles. The maximum absolute atomic E-state index is 12.7.